The molecule has 0 aliphatic rings. The molecule has 2 nitrogen and oxygen atoms in total. The molecule has 0 spiro atoms. The summed E-state index contributed by atoms with van der Waals surface area (Å²) < 4.78 is 37.0. The molecule has 0 atom stereocenters. The molecular formula is C12H17F3N2. The zero-order chi connectivity index (χ0) is 13.1. The molecule has 0 saturated heterocycles. The lowest BCUT2D eigenvalue weighted by atomic mass is 10.1. The minimum Gasteiger partial charge on any atom is -0.365 e. The monoisotopic (exact) mass is 246 g/mol. The van der Waals surface area contributed by atoms with Crippen molar-refractivity contribution in [3.05, 3.63) is 29.3 Å². The van der Waals surface area contributed by atoms with Gasteiger partial charge in [-0.1, -0.05) is 17.7 Å². The van der Waals surface area contributed by atoms with Gasteiger partial charge in [-0.25, -0.2) is 0 Å². The topological polar surface area (TPSA) is 15.3 Å². The number of benzene rings is 1. The van der Waals surface area contributed by atoms with Crippen LogP contribution in [0.2, 0.25) is 0 Å². The van der Waals surface area contributed by atoms with Crippen molar-refractivity contribution >= 4 is 5.69 Å². The fraction of sp³-hybridized carbons (Fsp3) is 0.500. The first kappa shape index (κ1) is 13.8. The van der Waals surface area contributed by atoms with E-state index in [-0.39, 0.29) is 0 Å². The fourth-order valence-corrected chi connectivity index (χ4v) is 1.77. The van der Waals surface area contributed by atoms with Crippen LogP contribution in [0.4, 0.5) is 18.9 Å². The minimum atomic E-state index is -4.18. The standard InChI is InChI=1S/C12H17F3N2/c1-9-4-5-11(10(6-9)7-16-2)17(3)8-12(13,14)15/h4-6,16H,7-8H2,1-3H3. The smallest absolute Gasteiger partial charge is 0.365 e. The molecule has 0 unspecified atom stereocenters. The van der Waals surface area contributed by atoms with Crippen molar-refractivity contribution in [1.82, 2.24) is 5.32 Å². The van der Waals surface area contributed by atoms with E-state index in [2.05, 4.69) is 5.32 Å². The van der Waals surface area contributed by atoms with Crippen LogP contribution in [0.15, 0.2) is 18.2 Å². The predicted octanol–water partition coefficient (Wildman–Crippen LogP) is 2.71. The van der Waals surface area contributed by atoms with Gasteiger partial charge < -0.3 is 10.2 Å². The van der Waals surface area contributed by atoms with E-state index in [9.17, 15) is 13.2 Å². The molecule has 0 bridgehead atoms. The summed E-state index contributed by atoms with van der Waals surface area (Å²) >= 11 is 0. The Morgan fingerprint density at radius 2 is 1.94 bits per heavy atom. The van der Waals surface area contributed by atoms with Crippen LogP contribution in [0.25, 0.3) is 0 Å². The Bertz CT molecular complexity index is 375. The fourth-order valence-electron chi connectivity index (χ4n) is 1.77. The molecule has 0 aliphatic carbocycles. The zero-order valence-corrected chi connectivity index (χ0v) is 10.2. The number of hydrogen-bond acceptors (Lipinski definition) is 2. The number of rotatable bonds is 4. The van der Waals surface area contributed by atoms with Crippen LogP contribution in [0.3, 0.4) is 0 Å². The van der Waals surface area contributed by atoms with Gasteiger partial charge in [0.2, 0.25) is 0 Å². The summed E-state index contributed by atoms with van der Waals surface area (Å²) in [6.07, 6.45) is -4.18. The Hall–Kier alpha value is -1.23. The van der Waals surface area contributed by atoms with Crippen molar-refractivity contribution in [1.29, 1.82) is 0 Å². The van der Waals surface area contributed by atoms with Crippen LogP contribution in [0.1, 0.15) is 11.1 Å². The molecule has 1 aromatic rings. The molecule has 5 heteroatoms. The maximum atomic E-state index is 12.3. The average Bonchev–Trinajstić information content (AvgIpc) is 2.15. The van der Waals surface area contributed by atoms with E-state index in [1.54, 1.807) is 13.1 Å². The van der Waals surface area contributed by atoms with Crippen LogP contribution in [-0.4, -0.2) is 26.8 Å². The van der Waals surface area contributed by atoms with Crippen LogP contribution < -0.4 is 10.2 Å². The normalized spacial score (nSPS) is 11.6. The summed E-state index contributed by atoms with van der Waals surface area (Å²) in [7, 11) is 3.23. The van der Waals surface area contributed by atoms with Crippen molar-refractivity contribution < 1.29 is 13.2 Å². The first-order valence-corrected chi connectivity index (χ1v) is 5.35. The third-order valence-corrected chi connectivity index (χ3v) is 2.43. The van der Waals surface area contributed by atoms with Crippen LogP contribution in [0, 0.1) is 6.92 Å². The third-order valence-electron chi connectivity index (χ3n) is 2.43. The van der Waals surface area contributed by atoms with E-state index < -0.39 is 12.7 Å². The van der Waals surface area contributed by atoms with Gasteiger partial charge in [0.25, 0.3) is 0 Å². The molecule has 0 heterocycles. The highest BCUT2D eigenvalue weighted by Crippen LogP contribution is 2.25. The first-order valence-electron chi connectivity index (χ1n) is 5.35. The summed E-state index contributed by atoms with van der Waals surface area (Å²) in [5.74, 6) is 0. The maximum absolute atomic E-state index is 12.3. The summed E-state index contributed by atoms with van der Waals surface area (Å²) in [5.41, 5.74) is 2.53. The summed E-state index contributed by atoms with van der Waals surface area (Å²) in [4.78, 5) is 1.23. The van der Waals surface area contributed by atoms with Crippen LogP contribution in [-0.2, 0) is 6.54 Å². The average molecular weight is 246 g/mol. The van der Waals surface area contributed by atoms with Gasteiger partial charge in [0.05, 0.1) is 0 Å². The lowest BCUT2D eigenvalue weighted by Crippen LogP contribution is -2.31. The second-order valence-corrected chi connectivity index (χ2v) is 4.13. The number of anilines is 1. The largest absolute Gasteiger partial charge is 0.405 e. The zero-order valence-electron chi connectivity index (χ0n) is 10.2. The molecule has 1 N–H and O–H groups in total. The molecule has 0 aromatic heterocycles. The summed E-state index contributed by atoms with van der Waals surface area (Å²) in [6, 6.07) is 5.45. The van der Waals surface area contributed by atoms with E-state index in [1.165, 1.54) is 11.9 Å². The second kappa shape index (κ2) is 5.40. The van der Waals surface area contributed by atoms with Crippen molar-refractivity contribution in [2.24, 2.45) is 0 Å². The highest BCUT2D eigenvalue weighted by molar-refractivity contribution is 5.54. The Morgan fingerprint density at radius 1 is 1.29 bits per heavy atom. The third kappa shape index (κ3) is 4.26. The van der Waals surface area contributed by atoms with E-state index in [4.69, 9.17) is 0 Å². The molecule has 0 saturated carbocycles. The highest BCUT2D eigenvalue weighted by Gasteiger charge is 2.29. The van der Waals surface area contributed by atoms with Gasteiger partial charge in [-0.15, -0.1) is 0 Å². The van der Waals surface area contributed by atoms with Gasteiger partial charge >= 0.3 is 6.18 Å². The van der Waals surface area contributed by atoms with E-state index in [0.29, 0.717) is 12.2 Å². The quantitative estimate of drug-likeness (QED) is 0.878. The number of alkyl halides is 3. The Labute approximate surface area is 99.4 Å². The Kier molecular flexibility index (Phi) is 4.40. The van der Waals surface area contributed by atoms with Crippen molar-refractivity contribution in [3.63, 3.8) is 0 Å². The number of hydrogen-bond donors (Lipinski definition) is 1. The SMILES string of the molecule is CNCc1cc(C)ccc1N(C)CC(F)(F)F. The Balaban J connectivity index is 2.95. The Morgan fingerprint density at radius 3 is 2.47 bits per heavy atom. The highest BCUT2D eigenvalue weighted by atomic mass is 19.4. The molecule has 0 radical (unpaired) electrons. The molecule has 0 aliphatic heterocycles. The lowest BCUT2D eigenvalue weighted by Gasteiger charge is -2.24. The molecule has 0 fully saturated rings. The maximum Gasteiger partial charge on any atom is 0.405 e. The number of aryl methyl sites for hydroxylation is 1. The number of nitrogens with zero attached hydrogens (tertiary/aromatic N) is 1. The van der Waals surface area contributed by atoms with Crippen molar-refractivity contribution in [3.8, 4) is 0 Å². The summed E-state index contributed by atoms with van der Waals surface area (Å²) in [5, 5.41) is 2.96. The van der Waals surface area contributed by atoms with E-state index in [1.807, 2.05) is 19.1 Å². The molecular weight excluding hydrogens is 229 g/mol. The molecule has 1 aromatic carbocycles. The first-order chi connectivity index (χ1) is 7.83. The number of halogens is 3. The second-order valence-electron chi connectivity index (χ2n) is 4.13. The lowest BCUT2D eigenvalue weighted by molar-refractivity contribution is -0.119. The number of nitrogens with one attached hydrogen (secondary N) is 1. The van der Waals surface area contributed by atoms with Crippen molar-refractivity contribution in [2.75, 3.05) is 25.5 Å². The summed E-state index contributed by atoms with van der Waals surface area (Å²) in [6.45, 7) is 1.54. The van der Waals surface area contributed by atoms with Gasteiger partial charge in [0.1, 0.15) is 6.54 Å². The van der Waals surface area contributed by atoms with E-state index in [0.717, 1.165) is 11.1 Å². The predicted molar refractivity (Wildman–Crippen MR) is 63.3 cm³/mol. The van der Waals surface area contributed by atoms with Gasteiger partial charge in [0.15, 0.2) is 0 Å². The molecule has 17 heavy (non-hydrogen) atoms. The van der Waals surface area contributed by atoms with Gasteiger partial charge in [-0.2, -0.15) is 13.2 Å². The van der Waals surface area contributed by atoms with Gasteiger partial charge in [-0.05, 0) is 25.6 Å². The van der Waals surface area contributed by atoms with Crippen LogP contribution in [0.5, 0.6) is 0 Å². The molecule has 1 rings (SSSR count). The minimum absolute atomic E-state index is 0.555. The molecule has 0 amide bonds. The van der Waals surface area contributed by atoms with Crippen LogP contribution >= 0.6 is 0 Å². The van der Waals surface area contributed by atoms with Crippen molar-refractivity contribution in [2.45, 2.75) is 19.6 Å². The van der Waals surface area contributed by atoms with Gasteiger partial charge in [0, 0.05) is 19.3 Å². The van der Waals surface area contributed by atoms with Gasteiger partial charge in [-0.3, -0.25) is 0 Å². The molecule has 96 valence electrons. The van der Waals surface area contributed by atoms with E-state index >= 15 is 0 Å².